The van der Waals surface area contributed by atoms with E-state index in [0.717, 1.165) is 18.4 Å². The normalized spacial score (nSPS) is 23.0. The molecule has 1 heterocycles. The lowest BCUT2D eigenvalue weighted by atomic mass is 9.78. The van der Waals surface area contributed by atoms with Crippen LogP contribution < -0.4 is 0 Å². The molecule has 0 aromatic carbocycles. The molecule has 0 bridgehead atoms. The molecule has 2 rings (SSSR count). The third-order valence-corrected chi connectivity index (χ3v) is 3.75. The second kappa shape index (κ2) is 5.86. The highest BCUT2D eigenvalue weighted by atomic mass is 16.4. The molecule has 1 aliphatic rings. The molecule has 0 radical (unpaired) electrons. The van der Waals surface area contributed by atoms with E-state index in [0.29, 0.717) is 19.4 Å². The van der Waals surface area contributed by atoms with Crippen LogP contribution >= 0.6 is 0 Å². The number of hydrogen-bond donors (Lipinski definition) is 2. The highest BCUT2D eigenvalue weighted by Gasteiger charge is 2.37. The van der Waals surface area contributed by atoms with Gasteiger partial charge in [-0.15, -0.1) is 0 Å². The molecular weight excluding hydrogens is 246 g/mol. The number of carboxylic acid groups (broad SMARTS) is 1. The number of rotatable bonds is 4. The van der Waals surface area contributed by atoms with Crippen LogP contribution in [0.3, 0.4) is 0 Å². The largest absolute Gasteiger partial charge is 0.481 e. The summed E-state index contributed by atoms with van der Waals surface area (Å²) < 4.78 is 0. The Morgan fingerprint density at radius 2 is 2.11 bits per heavy atom. The Morgan fingerprint density at radius 3 is 2.68 bits per heavy atom. The minimum Gasteiger partial charge on any atom is -0.481 e. The van der Waals surface area contributed by atoms with Crippen LogP contribution in [0, 0.1) is 11.8 Å². The van der Waals surface area contributed by atoms with Crippen LogP contribution in [0.1, 0.15) is 31.2 Å². The molecule has 1 fully saturated rings. The molecule has 104 valence electrons. The molecular formula is C13H19N3O3. The lowest BCUT2D eigenvalue weighted by Crippen LogP contribution is -2.40. The summed E-state index contributed by atoms with van der Waals surface area (Å²) in [5, 5.41) is 15.7. The molecule has 1 saturated carbocycles. The average molecular weight is 265 g/mol. The number of nitrogens with zero attached hydrogens (tertiary/aromatic N) is 2. The second-order valence-electron chi connectivity index (χ2n) is 5.14. The van der Waals surface area contributed by atoms with Crippen LogP contribution in [0.25, 0.3) is 0 Å². The first kappa shape index (κ1) is 13.6. The topological polar surface area (TPSA) is 86.3 Å². The Hall–Kier alpha value is -1.85. The molecule has 0 saturated heterocycles. The van der Waals surface area contributed by atoms with Gasteiger partial charge in [0.2, 0.25) is 5.91 Å². The molecule has 1 aromatic heterocycles. The Labute approximate surface area is 111 Å². The number of amides is 1. The van der Waals surface area contributed by atoms with Crippen LogP contribution in [0.4, 0.5) is 0 Å². The lowest BCUT2D eigenvalue weighted by molar-refractivity contribution is -0.152. The van der Waals surface area contributed by atoms with Gasteiger partial charge in [-0.2, -0.15) is 5.10 Å². The first-order valence-corrected chi connectivity index (χ1v) is 6.55. The van der Waals surface area contributed by atoms with Gasteiger partial charge in [0, 0.05) is 25.4 Å². The standard InChI is InChI=1S/C13H19N3O3/c1-16(8-9-6-14-15-7-9)12(17)10-4-2-3-5-11(10)13(18)19/h6-7,10-11H,2-5,8H2,1H3,(H,14,15)(H,18,19)/t10-,11+/m1/s1. The molecule has 0 spiro atoms. The van der Waals surface area contributed by atoms with Gasteiger partial charge in [0.15, 0.2) is 0 Å². The number of carbonyl (C=O) groups excluding carboxylic acids is 1. The Morgan fingerprint density at radius 1 is 1.42 bits per heavy atom. The zero-order valence-corrected chi connectivity index (χ0v) is 11.0. The van der Waals surface area contributed by atoms with E-state index in [4.69, 9.17) is 0 Å². The molecule has 1 aromatic rings. The van der Waals surface area contributed by atoms with Crippen molar-refractivity contribution in [2.45, 2.75) is 32.2 Å². The molecule has 0 aliphatic heterocycles. The summed E-state index contributed by atoms with van der Waals surface area (Å²) in [6.07, 6.45) is 6.50. The SMILES string of the molecule is CN(Cc1cn[nH]c1)C(=O)[C@@H]1CCCC[C@@H]1C(=O)O. The van der Waals surface area contributed by atoms with Gasteiger partial charge in [-0.3, -0.25) is 14.7 Å². The fourth-order valence-electron chi connectivity index (χ4n) is 2.72. The van der Waals surface area contributed by atoms with E-state index in [2.05, 4.69) is 10.2 Å². The monoisotopic (exact) mass is 265 g/mol. The number of aromatic nitrogens is 2. The molecule has 2 atom stereocenters. The second-order valence-corrected chi connectivity index (χ2v) is 5.14. The number of hydrogen-bond acceptors (Lipinski definition) is 3. The van der Waals surface area contributed by atoms with Crippen molar-refractivity contribution in [1.82, 2.24) is 15.1 Å². The van der Waals surface area contributed by atoms with Crippen molar-refractivity contribution in [3.63, 3.8) is 0 Å². The lowest BCUT2D eigenvalue weighted by Gasteiger charge is -2.30. The number of carbonyl (C=O) groups is 2. The number of aromatic amines is 1. The molecule has 1 aliphatic carbocycles. The van der Waals surface area contributed by atoms with Crippen molar-refractivity contribution in [2.24, 2.45) is 11.8 Å². The quantitative estimate of drug-likeness (QED) is 0.858. The Bertz CT molecular complexity index is 444. The fraction of sp³-hybridized carbons (Fsp3) is 0.615. The Balaban J connectivity index is 2.02. The van der Waals surface area contributed by atoms with Crippen LogP contribution in [-0.2, 0) is 16.1 Å². The van der Waals surface area contributed by atoms with E-state index < -0.39 is 11.9 Å². The van der Waals surface area contributed by atoms with Crippen molar-refractivity contribution in [3.8, 4) is 0 Å². The molecule has 2 N–H and O–H groups in total. The van der Waals surface area contributed by atoms with E-state index in [1.807, 2.05) is 0 Å². The maximum atomic E-state index is 12.4. The predicted octanol–water partition coefficient (Wildman–Crippen LogP) is 1.26. The summed E-state index contributed by atoms with van der Waals surface area (Å²) in [4.78, 5) is 25.2. The van der Waals surface area contributed by atoms with E-state index in [1.54, 1.807) is 24.3 Å². The van der Waals surface area contributed by atoms with E-state index in [9.17, 15) is 14.7 Å². The van der Waals surface area contributed by atoms with Crippen LogP contribution in [0.15, 0.2) is 12.4 Å². The summed E-state index contributed by atoms with van der Waals surface area (Å²) in [5.74, 6) is -1.85. The fourth-order valence-corrected chi connectivity index (χ4v) is 2.72. The first-order valence-electron chi connectivity index (χ1n) is 6.55. The summed E-state index contributed by atoms with van der Waals surface area (Å²) in [6.45, 7) is 0.457. The molecule has 19 heavy (non-hydrogen) atoms. The average Bonchev–Trinajstić information content (AvgIpc) is 2.90. The third-order valence-electron chi connectivity index (χ3n) is 3.75. The van der Waals surface area contributed by atoms with Gasteiger partial charge in [0.05, 0.1) is 18.0 Å². The van der Waals surface area contributed by atoms with E-state index in [1.165, 1.54) is 0 Å². The minimum absolute atomic E-state index is 0.0756. The van der Waals surface area contributed by atoms with Crippen LogP contribution in [0.2, 0.25) is 0 Å². The van der Waals surface area contributed by atoms with Crippen LogP contribution in [0.5, 0.6) is 0 Å². The van der Waals surface area contributed by atoms with Gasteiger partial charge in [0.1, 0.15) is 0 Å². The predicted molar refractivity (Wildman–Crippen MR) is 68.1 cm³/mol. The van der Waals surface area contributed by atoms with Crippen molar-refractivity contribution < 1.29 is 14.7 Å². The van der Waals surface area contributed by atoms with E-state index >= 15 is 0 Å². The van der Waals surface area contributed by atoms with Gasteiger partial charge in [-0.25, -0.2) is 0 Å². The van der Waals surface area contributed by atoms with E-state index in [-0.39, 0.29) is 11.8 Å². The molecule has 6 heteroatoms. The third kappa shape index (κ3) is 3.13. The van der Waals surface area contributed by atoms with Gasteiger partial charge < -0.3 is 10.0 Å². The molecule has 0 unspecified atom stereocenters. The minimum atomic E-state index is -0.852. The molecule has 1 amide bonds. The zero-order valence-electron chi connectivity index (χ0n) is 11.0. The smallest absolute Gasteiger partial charge is 0.307 e. The maximum absolute atomic E-state index is 12.4. The van der Waals surface area contributed by atoms with Gasteiger partial charge in [-0.1, -0.05) is 12.8 Å². The summed E-state index contributed by atoms with van der Waals surface area (Å²) >= 11 is 0. The number of H-pyrrole nitrogens is 1. The molecule has 6 nitrogen and oxygen atoms in total. The summed E-state index contributed by atoms with van der Waals surface area (Å²) in [5.41, 5.74) is 0.915. The van der Waals surface area contributed by atoms with Gasteiger partial charge >= 0.3 is 5.97 Å². The summed E-state index contributed by atoms with van der Waals surface area (Å²) in [6, 6.07) is 0. The highest BCUT2D eigenvalue weighted by molar-refractivity contribution is 5.84. The number of aliphatic carboxylic acids is 1. The van der Waals surface area contributed by atoms with Crippen molar-refractivity contribution in [2.75, 3.05) is 7.05 Å². The summed E-state index contributed by atoms with van der Waals surface area (Å²) in [7, 11) is 1.71. The Kier molecular flexibility index (Phi) is 4.19. The van der Waals surface area contributed by atoms with Crippen molar-refractivity contribution in [1.29, 1.82) is 0 Å². The zero-order chi connectivity index (χ0) is 13.8. The highest BCUT2D eigenvalue weighted by Crippen LogP contribution is 2.31. The number of carboxylic acids is 1. The van der Waals surface area contributed by atoms with Crippen LogP contribution in [-0.4, -0.2) is 39.1 Å². The first-order chi connectivity index (χ1) is 9.09. The maximum Gasteiger partial charge on any atom is 0.307 e. The van der Waals surface area contributed by atoms with Gasteiger partial charge in [-0.05, 0) is 12.8 Å². The van der Waals surface area contributed by atoms with Gasteiger partial charge in [0.25, 0.3) is 0 Å². The number of nitrogens with one attached hydrogen (secondary N) is 1. The van der Waals surface area contributed by atoms with Crippen molar-refractivity contribution >= 4 is 11.9 Å². The van der Waals surface area contributed by atoms with Crippen molar-refractivity contribution in [3.05, 3.63) is 18.0 Å².